The molecule has 0 aliphatic carbocycles. The van der Waals surface area contributed by atoms with Gasteiger partial charge in [0.1, 0.15) is 5.54 Å². The van der Waals surface area contributed by atoms with Crippen LogP contribution in [0.4, 0.5) is 4.79 Å². The summed E-state index contributed by atoms with van der Waals surface area (Å²) in [4.78, 5) is 40.4. The third kappa shape index (κ3) is 4.46. The molecule has 1 saturated heterocycles. The number of carbonyl (C=O) groups excluding carboxylic acids is 3. The molecule has 0 radical (unpaired) electrons. The Labute approximate surface area is 210 Å². The molecule has 0 spiro atoms. The number of ether oxygens (including phenoxy) is 2. The number of nitrogens with zero attached hydrogens (tertiary/aromatic N) is 2. The number of imide groups is 1. The van der Waals surface area contributed by atoms with Gasteiger partial charge in [-0.1, -0.05) is 36.4 Å². The third-order valence-corrected chi connectivity index (χ3v) is 6.88. The van der Waals surface area contributed by atoms with Crippen LogP contribution in [0.25, 0.3) is 0 Å². The normalized spacial score (nSPS) is 17.3. The topological polar surface area (TPSA) is 89.9 Å². The molecule has 1 aliphatic rings. The van der Waals surface area contributed by atoms with E-state index in [1.165, 1.54) is 19.8 Å². The Morgan fingerprint density at radius 1 is 0.972 bits per heavy atom. The van der Waals surface area contributed by atoms with Crippen molar-refractivity contribution in [2.45, 2.75) is 39.3 Å². The Morgan fingerprint density at radius 2 is 1.67 bits per heavy atom. The van der Waals surface area contributed by atoms with E-state index < -0.39 is 17.5 Å². The van der Waals surface area contributed by atoms with Gasteiger partial charge in [-0.3, -0.25) is 14.5 Å². The van der Waals surface area contributed by atoms with Crippen LogP contribution >= 0.6 is 0 Å². The van der Waals surface area contributed by atoms with Gasteiger partial charge in [0.25, 0.3) is 5.91 Å². The number of hydrogen-bond acceptors (Lipinski definition) is 5. The molecule has 4 rings (SSSR count). The van der Waals surface area contributed by atoms with Crippen LogP contribution in [0.5, 0.6) is 11.5 Å². The van der Waals surface area contributed by atoms with Crippen molar-refractivity contribution in [3.8, 4) is 11.5 Å². The Morgan fingerprint density at radius 3 is 2.33 bits per heavy atom. The summed E-state index contributed by atoms with van der Waals surface area (Å²) in [5.41, 5.74) is 2.71. The Balaban J connectivity index is 1.52. The average molecular weight is 490 g/mol. The Hall–Kier alpha value is -4.07. The van der Waals surface area contributed by atoms with E-state index in [0.717, 1.165) is 29.3 Å². The van der Waals surface area contributed by atoms with E-state index in [2.05, 4.69) is 22.0 Å². The summed E-state index contributed by atoms with van der Waals surface area (Å²) in [6, 6.07) is 16.4. The highest BCUT2D eigenvalue weighted by Gasteiger charge is 2.49. The highest BCUT2D eigenvalue weighted by atomic mass is 16.5. The molecule has 1 fully saturated rings. The van der Waals surface area contributed by atoms with Crippen molar-refractivity contribution in [1.29, 1.82) is 0 Å². The maximum atomic E-state index is 13.4. The minimum Gasteiger partial charge on any atom is -0.493 e. The van der Waals surface area contributed by atoms with Crippen molar-refractivity contribution >= 4 is 17.7 Å². The van der Waals surface area contributed by atoms with Crippen molar-refractivity contribution in [3.05, 3.63) is 82.7 Å². The minimum atomic E-state index is -1.33. The zero-order valence-electron chi connectivity index (χ0n) is 21.3. The molecule has 8 nitrogen and oxygen atoms in total. The zero-order valence-corrected chi connectivity index (χ0v) is 21.3. The molecule has 0 saturated carbocycles. The van der Waals surface area contributed by atoms with Crippen molar-refractivity contribution < 1.29 is 23.9 Å². The number of nitrogens with one attached hydrogen (secondary N) is 1. The fraction of sp³-hybridized carbons (Fsp3) is 0.321. The first-order valence-electron chi connectivity index (χ1n) is 11.8. The molecule has 1 unspecified atom stereocenters. The summed E-state index contributed by atoms with van der Waals surface area (Å²) in [6.07, 6.45) is 0.835. The van der Waals surface area contributed by atoms with Crippen LogP contribution in [0.1, 0.15) is 39.8 Å². The summed E-state index contributed by atoms with van der Waals surface area (Å²) < 4.78 is 12.7. The number of hydrogen-bond donors (Lipinski definition) is 1. The molecule has 1 atom stereocenters. The first-order chi connectivity index (χ1) is 17.2. The van der Waals surface area contributed by atoms with Crippen LogP contribution in [0, 0.1) is 13.8 Å². The quantitative estimate of drug-likeness (QED) is 0.362. The van der Waals surface area contributed by atoms with E-state index in [1.54, 1.807) is 25.1 Å². The van der Waals surface area contributed by atoms with E-state index in [4.69, 9.17) is 9.47 Å². The van der Waals surface area contributed by atoms with E-state index in [1.807, 2.05) is 38.1 Å². The number of carbonyl (C=O) groups is 3. The number of aromatic nitrogens is 1. The van der Waals surface area contributed by atoms with E-state index >= 15 is 0 Å². The lowest BCUT2D eigenvalue weighted by atomic mass is 9.91. The van der Waals surface area contributed by atoms with Gasteiger partial charge in [0.05, 0.1) is 20.8 Å². The Bertz CT molecular complexity index is 1310. The van der Waals surface area contributed by atoms with Gasteiger partial charge < -0.3 is 19.4 Å². The van der Waals surface area contributed by atoms with Crippen LogP contribution < -0.4 is 14.8 Å². The molecule has 3 aromatic rings. The smallest absolute Gasteiger partial charge is 0.325 e. The molecule has 3 amide bonds. The van der Waals surface area contributed by atoms with E-state index in [0.29, 0.717) is 22.6 Å². The molecule has 2 heterocycles. The summed E-state index contributed by atoms with van der Waals surface area (Å²) in [7, 11) is 3.02. The van der Waals surface area contributed by atoms with Crippen molar-refractivity contribution in [3.63, 3.8) is 0 Å². The number of methoxy groups -OCH3 is 2. The Kier molecular flexibility index (Phi) is 6.88. The number of urea groups is 1. The van der Waals surface area contributed by atoms with Gasteiger partial charge >= 0.3 is 6.03 Å². The van der Waals surface area contributed by atoms with E-state index in [-0.39, 0.29) is 12.3 Å². The number of ketones is 1. The summed E-state index contributed by atoms with van der Waals surface area (Å²) in [6.45, 7) is 5.86. The predicted molar refractivity (Wildman–Crippen MR) is 136 cm³/mol. The number of benzene rings is 2. The zero-order chi connectivity index (χ0) is 26.0. The molecular weight excluding hydrogens is 458 g/mol. The number of Topliss-reactive ketones (excluding diaryl/α,β-unsaturated/α-hetero) is 1. The van der Waals surface area contributed by atoms with Gasteiger partial charge in [-0.15, -0.1) is 0 Å². The minimum absolute atomic E-state index is 0.283. The van der Waals surface area contributed by atoms with Gasteiger partial charge in [-0.25, -0.2) is 4.79 Å². The van der Waals surface area contributed by atoms with Gasteiger partial charge in [0.15, 0.2) is 17.3 Å². The van der Waals surface area contributed by atoms with Gasteiger partial charge in [-0.05, 0) is 56.5 Å². The van der Waals surface area contributed by atoms with Crippen molar-refractivity contribution in [1.82, 2.24) is 14.8 Å². The fourth-order valence-electron chi connectivity index (χ4n) is 4.73. The molecule has 2 aromatic carbocycles. The molecule has 36 heavy (non-hydrogen) atoms. The van der Waals surface area contributed by atoms with Crippen molar-refractivity contribution in [2.24, 2.45) is 0 Å². The highest BCUT2D eigenvalue weighted by molar-refractivity contribution is 6.11. The molecule has 1 N–H and O–H groups in total. The lowest BCUT2D eigenvalue weighted by Crippen LogP contribution is -2.41. The second kappa shape index (κ2) is 9.89. The molecule has 0 bridgehead atoms. The van der Waals surface area contributed by atoms with Gasteiger partial charge in [-0.2, -0.15) is 0 Å². The second-order valence-electron chi connectivity index (χ2n) is 9.11. The predicted octanol–water partition coefficient (Wildman–Crippen LogP) is 4.01. The average Bonchev–Trinajstić information content (AvgIpc) is 3.29. The number of amides is 3. The first-order valence-corrected chi connectivity index (χ1v) is 11.8. The van der Waals surface area contributed by atoms with Crippen LogP contribution in [0.3, 0.4) is 0 Å². The van der Waals surface area contributed by atoms with Crippen LogP contribution in [0.2, 0.25) is 0 Å². The standard InChI is InChI=1S/C28H31N3O5/c1-18-15-22(19(2)30(18)14-13-20-9-7-6-8-10-20)23(32)17-31-26(33)28(3,29-27(31)34)21-11-12-24(35-4)25(16-21)36-5/h6-12,15-16H,13-14,17H2,1-5H3,(H,29,34). The SMILES string of the molecule is COc1ccc(C2(C)NC(=O)N(CC(=O)c3cc(C)n(CCc4ccccc4)c3C)C2=O)cc1OC. The summed E-state index contributed by atoms with van der Waals surface area (Å²) >= 11 is 0. The van der Waals surface area contributed by atoms with Gasteiger partial charge in [0, 0.05) is 23.5 Å². The lowest BCUT2D eigenvalue weighted by molar-refractivity contribution is -0.130. The van der Waals surface area contributed by atoms with Gasteiger partial charge in [0.2, 0.25) is 0 Å². The first kappa shape index (κ1) is 25.0. The van der Waals surface area contributed by atoms with E-state index in [9.17, 15) is 14.4 Å². The maximum absolute atomic E-state index is 13.4. The summed E-state index contributed by atoms with van der Waals surface area (Å²) in [5.74, 6) is 0.173. The molecule has 8 heteroatoms. The van der Waals surface area contributed by atoms with Crippen molar-refractivity contribution in [2.75, 3.05) is 20.8 Å². The second-order valence-corrected chi connectivity index (χ2v) is 9.11. The third-order valence-electron chi connectivity index (χ3n) is 6.88. The summed E-state index contributed by atoms with van der Waals surface area (Å²) in [5, 5.41) is 2.75. The number of rotatable bonds is 9. The van der Waals surface area contributed by atoms with Crippen LogP contribution in [-0.4, -0.2) is 48.0 Å². The number of aryl methyl sites for hydroxylation is 2. The fourth-order valence-corrected chi connectivity index (χ4v) is 4.73. The lowest BCUT2D eigenvalue weighted by Gasteiger charge is -2.23. The van der Waals surface area contributed by atoms with Crippen LogP contribution in [0.15, 0.2) is 54.6 Å². The molecule has 1 aromatic heterocycles. The maximum Gasteiger partial charge on any atom is 0.325 e. The molecule has 1 aliphatic heterocycles. The molecular formula is C28H31N3O5. The van der Waals surface area contributed by atoms with Crippen LogP contribution in [-0.2, 0) is 23.3 Å². The highest BCUT2D eigenvalue weighted by Crippen LogP contribution is 2.35. The monoisotopic (exact) mass is 489 g/mol. The molecule has 188 valence electrons. The largest absolute Gasteiger partial charge is 0.493 e.